The molecule has 2 aliphatic rings. The molecule has 23 heavy (non-hydrogen) atoms. The standard InChI is InChI=1S/C16H26N4O3/c1-19-14(2-6-18-19)16-13(4-9-23-16)12-17-5-3-15(21)20-7-10-22-11-8-20/h2,6,13,16-17H,3-5,7-12H2,1H3/t13-,16+/m0/s1. The third-order valence-electron chi connectivity index (χ3n) is 4.65. The van der Waals surface area contributed by atoms with Gasteiger partial charge in [0.25, 0.3) is 0 Å². The number of aryl methyl sites for hydroxylation is 1. The van der Waals surface area contributed by atoms with Crippen molar-refractivity contribution in [3.63, 3.8) is 0 Å². The van der Waals surface area contributed by atoms with Crippen molar-refractivity contribution in [2.24, 2.45) is 13.0 Å². The molecular weight excluding hydrogens is 296 g/mol. The first kappa shape index (κ1) is 16.4. The second kappa shape index (κ2) is 7.90. The third kappa shape index (κ3) is 4.10. The van der Waals surface area contributed by atoms with Crippen molar-refractivity contribution in [1.29, 1.82) is 0 Å². The zero-order chi connectivity index (χ0) is 16.1. The summed E-state index contributed by atoms with van der Waals surface area (Å²) in [6, 6.07) is 2.02. The summed E-state index contributed by atoms with van der Waals surface area (Å²) >= 11 is 0. The van der Waals surface area contributed by atoms with Crippen LogP contribution in [0, 0.1) is 5.92 Å². The predicted octanol–water partition coefficient (Wildman–Crippen LogP) is 0.336. The Hall–Kier alpha value is -1.44. The molecule has 2 saturated heterocycles. The van der Waals surface area contributed by atoms with Crippen LogP contribution in [0.5, 0.6) is 0 Å². The highest BCUT2D eigenvalue weighted by Gasteiger charge is 2.31. The van der Waals surface area contributed by atoms with Crippen molar-refractivity contribution in [3.05, 3.63) is 18.0 Å². The lowest BCUT2D eigenvalue weighted by Crippen LogP contribution is -2.41. The van der Waals surface area contributed by atoms with E-state index < -0.39 is 0 Å². The molecule has 1 N–H and O–H groups in total. The average Bonchev–Trinajstić information content (AvgIpc) is 3.20. The lowest BCUT2D eigenvalue weighted by Gasteiger charge is -2.27. The van der Waals surface area contributed by atoms with Gasteiger partial charge in [-0.1, -0.05) is 0 Å². The van der Waals surface area contributed by atoms with Crippen molar-refractivity contribution >= 4 is 5.91 Å². The lowest BCUT2D eigenvalue weighted by molar-refractivity contribution is -0.135. The highest BCUT2D eigenvalue weighted by molar-refractivity contribution is 5.76. The molecule has 0 aliphatic carbocycles. The number of ether oxygens (including phenoxy) is 2. The van der Waals surface area contributed by atoms with E-state index in [1.807, 2.05) is 28.9 Å². The molecule has 7 heteroatoms. The fourth-order valence-electron chi connectivity index (χ4n) is 3.29. The largest absolute Gasteiger partial charge is 0.378 e. The van der Waals surface area contributed by atoms with Crippen molar-refractivity contribution in [3.8, 4) is 0 Å². The van der Waals surface area contributed by atoms with Gasteiger partial charge in [0.2, 0.25) is 5.91 Å². The summed E-state index contributed by atoms with van der Waals surface area (Å²) in [6.45, 7) is 5.12. The van der Waals surface area contributed by atoms with Crippen LogP contribution in [-0.4, -0.2) is 66.6 Å². The molecule has 1 aromatic rings. The summed E-state index contributed by atoms with van der Waals surface area (Å²) in [6.07, 6.45) is 3.50. The van der Waals surface area contributed by atoms with Gasteiger partial charge in [0.15, 0.2) is 0 Å². The fourth-order valence-corrected chi connectivity index (χ4v) is 3.29. The normalized spacial score (nSPS) is 25.0. The fraction of sp³-hybridized carbons (Fsp3) is 0.750. The number of rotatable bonds is 6. The van der Waals surface area contributed by atoms with E-state index in [0.717, 1.165) is 38.4 Å². The van der Waals surface area contributed by atoms with E-state index in [9.17, 15) is 4.79 Å². The number of nitrogens with one attached hydrogen (secondary N) is 1. The summed E-state index contributed by atoms with van der Waals surface area (Å²) < 4.78 is 13.0. The lowest BCUT2D eigenvalue weighted by atomic mass is 9.99. The van der Waals surface area contributed by atoms with E-state index in [-0.39, 0.29) is 12.0 Å². The van der Waals surface area contributed by atoms with Gasteiger partial charge in [-0.2, -0.15) is 5.10 Å². The van der Waals surface area contributed by atoms with E-state index in [1.54, 1.807) is 0 Å². The molecule has 2 aliphatic heterocycles. The monoisotopic (exact) mass is 322 g/mol. The summed E-state index contributed by atoms with van der Waals surface area (Å²) in [4.78, 5) is 14.0. The maximum atomic E-state index is 12.1. The van der Waals surface area contributed by atoms with E-state index in [1.165, 1.54) is 0 Å². The van der Waals surface area contributed by atoms with Gasteiger partial charge in [-0.15, -0.1) is 0 Å². The Morgan fingerprint density at radius 3 is 2.96 bits per heavy atom. The highest BCUT2D eigenvalue weighted by Crippen LogP contribution is 2.33. The molecule has 1 amide bonds. The van der Waals surface area contributed by atoms with Gasteiger partial charge >= 0.3 is 0 Å². The number of amides is 1. The van der Waals surface area contributed by atoms with Gasteiger partial charge in [-0.25, -0.2) is 0 Å². The number of carbonyl (C=O) groups is 1. The highest BCUT2D eigenvalue weighted by atomic mass is 16.5. The molecular formula is C16H26N4O3. The van der Waals surface area contributed by atoms with Gasteiger partial charge < -0.3 is 19.7 Å². The summed E-state index contributed by atoms with van der Waals surface area (Å²) in [7, 11) is 1.95. The average molecular weight is 322 g/mol. The van der Waals surface area contributed by atoms with Crippen LogP contribution >= 0.6 is 0 Å². The molecule has 0 aromatic carbocycles. The molecule has 3 heterocycles. The van der Waals surface area contributed by atoms with E-state index >= 15 is 0 Å². The van der Waals surface area contributed by atoms with Gasteiger partial charge in [0, 0.05) is 58.4 Å². The number of aromatic nitrogens is 2. The van der Waals surface area contributed by atoms with Crippen LogP contribution in [0.1, 0.15) is 24.6 Å². The van der Waals surface area contributed by atoms with Crippen LogP contribution in [-0.2, 0) is 21.3 Å². The molecule has 0 unspecified atom stereocenters. The Morgan fingerprint density at radius 2 is 2.22 bits per heavy atom. The quantitative estimate of drug-likeness (QED) is 0.765. The van der Waals surface area contributed by atoms with E-state index in [4.69, 9.17) is 9.47 Å². The van der Waals surface area contributed by atoms with Crippen LogP contribution in [0.15, 0.2) is 12.3 Å². The second-order valence-corrected chi connectivity index (χ2v) is 6.17. The van der Waals surface area contributed by atoms with Crippen molar-refractivity contribution in [2.45, 2.75) is 18.9 Å². The summed E-state index contributed by atoms with van der Waals surface area (Å²) in [5.74, 6) is 0.649. The number of nitrogens with zero attached hydrogens (tertiary/aromatic N) is 3. The molecule has 3 rings (SSSR count). The van der Waals surface area contributed by atoms with Gasteiger partial charge in [0.1, 0.15) is 6.10 Å². The first-order valence-electron chi connectivity index (χ1n) is 8.41. The molecule has 2 fully saturated rings. The van der Waals surface area contributed by atoms with Crippen LogP contribution in [0.3, 0.4) is 0 Å². The maximum Gasteiger partial charge on any atom is 0.224 e. The summed E-state index contributed by atoms with van der Waals surface area (Å²) in [5, 5.41) is 7.64. The molecule has 128 valence electrons. The Balaban J connectivity index is 1.40. The van der Waals surface area contributed by atoms with Crippen molar-refractivity contribution in [1.82, 2.24) is 20.0 Å². The van der Waals surface area contributed by atoms with Crippen molar-refractivity contribution < 1.29 is 14.3 Å². The van der Waals surface area contributed by atoms with Crippen LogP contribution < -0.4 is 5.32 Å². The second-order valence-electron chi connectivity index (χ2n) is 6.17. The predicted molar refractivity (Wildman–Crippen MR) is 84.9 cm³/mol. The zero-order valence-corrected chi connectivity index (χ0v) is 13.7. The molecule has 0 radical (unpaired) electrons. The molecule has 0 spiro atoms. The zero-order valence-electron chi connectivity index (χ0n) is 13.7. The number of hydrogen-bond donors (Lipinski definition) is 1. The van der Waals surface area contributed by atoms with E-state index in [2.05, 4.69) is 10.4 Å². The minimum absolute atomic E-state index is 0.102. The van der Waals surface area contributed by atoms with Gasteiger partial charge in [0.05, 0.1) is 18.9 Å². The Kier molecular flexibility index (Phi) is 5.64. The Bertz CT molecular complexity index is 513. The number of carbonyl (C=O) groups excluding carboxylic acids is 1. The summed E-state index contributed by atoms with van der Waals surface area (Å²) in [5.41, 5.74) is 1.12. The van der Waals surface area contributed by atoms with Gasteiger partial charge in [-0.3, -0.25) is 9.48 Å². The van der Waals surface area contributed by atoms with Crippen molar-refractivity contribution in [2.75, 3.05) is 46.0 Å². The molecule has 1 aromatic heterocycles. The van der Waals surface area contributed by atoms with Gasteiger partial charge in [-0.05, 0) is 12.5 Å². The molecule has 0 saturated carbocycles. The third-order valence-corrected chi connectivity index (χ3v) is 4.65. The van der Waals surface area contributed by atoms with E-state index in [0.29, 0.717) is 32.1 Å². The topological polar surface area (TPSA) is 68.6 Å². The Labute approximate surface area is 136 Å². The Morgan fingerprint density at radius 1 is 1.39 bits per heavy atom. The van der Waals surface area contributed by atoms with Crippen LogP contribution in [0.2, 0.25) is 0 Å². The van der Waals surface area contributed by atoms with Crippen LogP contribution in [0.25, 0.3) is 0 Å². The minimum atomic E-state index is 0.102. The van der Waals surface area contributed by atoms with Crippen LogP contribution in [0.4, 0.5) is 0 Å². The smallest absolute Gasteiger partial charge is 0.224 e. The first-order chi connectivity index (χ1) is 11.3. The minimum Gasteiger partial charge on any atom is -0.378 e. The maximum absolute atomic E-state index is 12.1. The molecule has 7 nitrogen and oxygen atoms in total. The first-order valence-corrected chi connectivity index (χ1v) is 8.41. The SMILES string of the molecule is Cn1nccc1[C@@H]1OCC[C@H]1CNCCC(=O)N1CCOCC1. The molecule has 2 atom stereocenters. The number of morpholine rings is 1. The number of hydrogen-bond acceptors (Lipinski definition) is 5. The molecule has 0 bridgehead atoms.